The van der Waals surface area contributed by atoms with Gasteiger partial charge in [0.25, 0.3) is 0 Å². The van der Waals surface area contributed by atoms with E-state index in [1.165, 1.54) is 10.6 Å². The molecule has 3 rings (SSSR count). The third kappa shape index (κ3) is 6.07. The molecule has 0 bridgehead atoms. The van der Waals surface area contributed by atoms with Crippen molar-refractivity contribution in [2.45, 2.75) is 39.2 Å². The third-order valence-corrected chi connectivity index (χ3v) is 6.51. The van der Waals surface area contributed by atoms with Gasteiger partial charge in [0, 0.05) is 38.2 Å². The van der Waals surface area contributed by atoms with Crippen molar-refractivity contribution < 1.29 is 18.0 Å². The van der Waals surface area contributed by atoms with Gasteiger partial charge in [-0.3, -0.25) is 13.9 Å². The Labute approximate surface area is 184 Å². The summed E-state index contributed by atoms with van der Waals surface area (Å²) < 4.78 is 25.8. The van der Waals surface area contributed by atoms with Crippen LogP contribution in [0.3, 0.4) is 0 Å². The number of amides is 2. The number of rotatable bonds is 9. The molecule has 1 saturated heterocycles. The van der Waals surface area contributed by atoms with Crippen LogP contribution in [-0.4, -0.2) is 39.6 Å². The van der Waals surface area contributed by atoms with Gasteiger partial charge in [0.15, 0.2) is 0 Å². The number of hydrogen-bond acceptors (Lipinski definition) is 4. The molecule has 1 aliphatic rings. The fourth-order valence-electron chi connectivity index (χ4n) is 3.74. The van der Waals surface area contributed by atoms with Crippen LogP contribution in [0, 0.1) is 6.92 Å². The summed E-state index contributed by atoms with van der Waals surface area (Å²) in [4.78, 5) is 26.0. The molecule has 0 unspecified atom stereocenters. The Balaban J connectivity index is 1.52. The fourth-order valence-corrected chi connectivity index (χ4v) is 4.76. The Hall–Kier alpha value is -2.87. The molecule has 2 aromatic rings. The van der Waals surface area contributed by atoms with Crippen LogP contribution >= 0.6 is 0 Å². The average molecular weight is 444 g/mol. The van der Waals surface area contributed by atoms with Crippen LogP contribution in [0.5, 0.6) is 0 Å². The molecular formula is C23H29N3O4S. The number of anilines is 2. The highest BCUT2D eigenvalue weighted by Gasteiger charge is 2.22. The summed E-state index contributed by atoms with van der Waals surface area (Å²) in [6.07, 6.45) is 3.26. The lowest BCUT2D eigenvalue weighted by atomic mass is 10.1. The highest BCUT2D eigenvalue weighted by Crippen LogP contribution is 2.23. The van der Waals surface area contributed by atoms with Crippen LogP contribution in [0.15, 0.2) is 48.5 Å². The van der Waals surface area contributed by atoms with Crippen molar-refractivity contribution in [1.82, 2.24) is 5.32 Å². The zero-order valence-electron chi connectivity index (χ0n) is 18.0. The maximum absolute atomic E-state index is 12.3. The lowest BCUT2D eigenvalue weighted by molar-refractivity contribution is -0.121. The minimum absolute atomic E-state index is 0.130. The minimum Gasteiger partial charge on any atom is -0.352 e. The van der Waals surface area contributed by atoms with Crippen LogP contribution in [-0.2, 0) is 26.2 Å². The molecule has 0 atom stereocenters. The topological polar surface area (TPSA) is 86.8 Å². The number of nitrogens with zero attached hydrogens (tertiary/aromatic N) is 2. The number of carbonyl (C=O) groups excluding carboxylic acids is 2. The van der Waals surface area contributed by atoms with Crippen molar-refractivity contribution in [2.24, 2.45) is 0 Å². The fraction of sp³-hybridized carbons (Fsp3) is 0.391. The normalized spacial score (nSPS) is 14.0. The molecule has 7 nitrogen and oxygen atoms in total. The first-order valence-electron chi connectivity index (χ1n) is 10.4. The Kier molecular flexibility index (Phi) is 7.33. The van der Waals surface area contributed by atoms with E-state index in [2.05, 4.69) is 5.32 Å². The van der Waals surface area contributed by atoms with Crippen molar-refractivity contribution in [3.05, 3.63) is 59.7 Å². The quantitative estimate of drug-likeness (QED) is 0.646. The second-order valence-corrected chi connectivity index (χ2v) is 9.73. The summed E-state index contributed by atoms with van der Waals surface area (Å²) in [7, 11) is -3.44. The van der Waals surface area contributed by atoms with Gasteiger partial charge in [-0.2, -0.15) is 0 Å². The molecule has 2 amide bonds. The molecule has 0 radical (unpaired) electrons. The SMILES string of the molecule is Cc1ccccc1N(CCCC(=O)NCc1cccc(N2CCCC2=O)c1)S(C)(=O)=O. The van der Waals surface area contributed by atoms with Gasteiger partial charge < -0.3 is 10.2 Å². The van der Waals surface area contributed by atoms with Gasteiger partial charge in [0.1, 0.15) is 0 Å². The zero-order valence-corrected chi connectivity index (χ0v) is 18.8. The number of sulfonamides is 1. The van der Waals surface area contributed by atoms with E-state index in [1.807, 2.05) is 43.3 Å². The molecule has 8 heteroatoms. The lowest BCUT2D eigenvalue weighted by Gasteiger charge is -2.24. The third-order valence-electron chi connectivity index (χ3n) is 5.33. The Morgan fingerprint density at radius 2 is 1.94 bits per heavy atom. The van der Waals surface area contributed by atoms with E-state index in [1.54, 1.807) is 17.0 Å². The highest BCUT2D eigenvalue weighted by molar-refractivity contribution is 7.92. The first-order valence-corrected chi connectivity index (χ1v) is 12.3. The number of benzene rings is 2. The summed E-state index contributed by atoms with van der Waals surface area (Å²) in [5.74, 6) is -0.00819. The minimum atomic E-state index is -3.44. The monoisotopic (exact) mass is 443 g/mol. The maximum atomic E-state index is 12.3. The van der Waals surface area contributed by atoms with Gasteiger partial charge in [0.05, 0.1) is 11.9 Å². The first kappa shape index (κ1) is 22.8. The first-order chi connectivity index (χ1) is 14.8. The molecule has 1 fully saturated rings. The average Bonchev–Trinajstić information content (AvgIpc) is 3.16. The standard InChI is InChI=1S/C23H29N3O4S/c1-18-8-3-4-11-21(18)26(31(2,29)30)15-6-12-22(27)24-17-19-9-5-10-20(16-19)25-14-7-13-23(25)28/h3-5,8-11,16H,6-7,12-15,17H2,1-2H3,(H,24,27). The second kappa shape index (κ2) is 9.96. The zero-order chi connectivity index (χ0) is 22.4. The number of para-hydroxylation sites is 1. The van der Waals surface area contributed by atoms with Gasteiger partial charge in [-0.15, -0.1) is 0 Å². The smallest absolute Gasteiger partial charge is 0.232 e. The van der Waals surface area contributed by atoms with E-state index in [0.29, 0.717) is 25.1 Å². The van der Waals surface area contributed by atoms with Crippen molar-refractivity contribution >= 4 is 33.2 Å². The van der Waals surface area contributed by atoms with Gasteiger partial charge >= 0.3 is 0 Å². The number of hydrogen-bond donors (Lipinski definition) is 1. The highest BCUT2D eigenvalue weighted by atomic mass is 32.2. The van der Waals surface area contributed by atoms with Crippen molar-refractivity contribution in [3.63, 3.8) is 0 Å². The maximum Gasteiger partial charge on any atom is 0.232 e. The van der Waals surface area contributed by atoms with Crippen molar-refractivity contribution in [1.29, 1.82) is 0 Å². The lowest BCUT2D eigenvalue weighted by Crippen LogP contribution is -2.32. The van der Waals surface area contributed by atoms with E-state index in [-0.39, 0.29) is 24.8 Å². The Morgan fingerprint density at radius 3 is 2.61 bits per heavy atom. The summed E-state index contributed by atoms with van der Waals surface area (Å²) in [5, 5.41) is 2.88. The van der Waals surface area contributed by atoms with Gasteiger partial charge in [-0.1, -0.05) is 30.3 Å². The molecule has 0 spiro atoms. The molecule has 1 N–H and O–H groups in total. The molecule has 1 aliphatic heterocycles. The number of carbonyl (C=O) groups is 2. The van der Waals surface area contributed by atoms with Crippen LogP contribution < -0.4 is 14.5 Å². The summed E-state index contributed by atoms with van der Waals surface area (Å²) in [6, 6.07) is 14.9. The van der Waals surface area contributed by atoms with E-state index >= 15 is 0 Å². The molecule has 0 aliphatic carbocycles. The van der Waals surface area contributed by atoms with Crippen LogP contribution in [0.4, 0.5) is 11.4 Å². The summed E-state index contributed by atoms with van der Waals surface area (Å²) in [6.45, 7) is 3.20. The van der Waals surface area contributed by atoms with E-state index < -0.39 is 10.0 Å². The summed E-state index contributed by atoms with van der Waals surface area (Å²) in [5.41, 5.74) is 3.28. The van der Waals surface area contributed by atoms with Crippen molar-refractivity contribution in [2.75, 3.05) is 28.6 Å². The van der Waals surface area contributed by atoms with Gasteiger partial charge in [-0.05, 0) is 49.1 Å². The molecule has 0 aromatic heterocycles. The Morgan fingerprint density at radius 1 is 1.16 bits per heavy atom. The van der Waals surface area contributed by atoms with E-state index in [9.17, 15) is 18.0 Å². The van der Waals surface area contributed by atoms with Gasteiger partial charge in [-0.25, -0.2) is 8.42 Å². The second-order valence-electron chi connectivity index (χ2n) is 7.82. The van der Waals surface area contributed by atoms with Crippen LogP contribution in [0.2, 0.25) is 0 Å². The van der Waals surface area contributed by atoms with Gasteiger partial charge in [0.2, 0.25) is 21.8 Å². The number of aryl methyl sites for hydroxylation is 1. The van der Waals surface area contributed by atoms with Crippen LogP contribution in [0.1, 0.15) is 36.8 Å². The molecule has 31 heavy (non-hydrogen) atoms. The molecule has 0 saturated carbocycles. The van der Waals surface area contributed by atoms with Crippen LogP contribution in [0.25, 0.3) is 0 Å². The largest absolute Gasteiger partial charge is 0.352 e. The molecule has 2 aromatic carbocycles. The predicted octanol–water partition coefficient (Wildman–Crippen LogP) is 2.98. The van der Waals surface area contributed by atoms with E-state index in [0.717, 1.165) is 29.8 Å². The van der Waals surface area contributed by atoms with Crippen molar-refractivity contribution in [3.8, 4) is 0 Å². The predicted molar refractivity (Wildman–Crippen MR) is 122 cm³/mol. The Bertz CT molecular complexity index is 1050. The summed E-state index contributed by atoms with van der Waals surface area (Å²) >= 11 is 0. The molecule has 1 heterocycles. The molecule has 166 valence electrons. The van der Waals surface area contributed by atoms with E-state index in [4.69, 9.17) is 0 Å². The molecular weight excluding hydrogens is 414 g/mol. The number of nitrogens with one attached hydrogen (secondary N) is 1.